The second-order valence-corrected chi connectivity index (χ2v) is 14.7. The molecule has 0 bridgehead atoms. The van der Waals surface area contributed by atoms with Gasteiger partial charge >= 0.3 is 11.9 Å². The molecule has 14 heteroatoms. The third-order valence-electron chi connectivity index (χ3n) is 9.97. The molecule has 2 heterocycles. The number of amides is 1. The fourth-order valence-electron chi connectivity index (χ4n) is 7.10. The molecule has 1 atom stereocenters. The third-order valence-corrected chi connectivity index (χ3v) is 10.2. The van der Waals surface area contributed by atoms with Crippen LogP contribution in [0.1, 0.15) is 70.0 Å². The van der Waals surface area contributed by atoms with Gasteiger partial charge in [0.2, 0.25) is 0 Å². The summed E-state index contributed by atoms with van der Waals surface area (Å²) in [7, 11) is 3.87. The molecule has 2 aliphatic heterocycles. The quantitative estimate of drug-likeness (QED) is 0.0336. The summed E-state index contributed by atoms with van der Waals surface area (Å²) >= 11 is 5.68. The Morgan fingerprint density at radius 1 is 0.712 bits per heavy atom. The van der Waals surface area contributed by atoms with Gasteiger partial charge in [-0.25, -0.2) is 4.79 Å². The van der Waals surface area contributed by atoms with E-state index in [4.69, 9.17) is 49.5 Å². The summed E-state index contributed by atoms with van der Waals surface area (Å²) in [4.78, 5) is 40.6. The minimum absolute atomic E-state index is 0.269. The van der Waals surface area contributed by atoms with E-state index in [1.807, 2.05) is 55.4 Å². The van der Waals surface area contributed by atoms with Crippen molar-refractivity contribution in [1.29, 1.82) is 0 Å². The molecule has 13 nitrogen and oxygen atoms in total. The zero-order valence-electron chi connectivity index (χ0n) is 34.0. The lowest BCUT2D eigenvalue weighted by Crippen LogP contribution is -2.33. The van der Waals surface area contributed by atoms with Crippen LogP contribution in [0.4, 0.5) is 5.69 Å². The zero-order valence-corrected chi connectivity index (χ0v) is 34.7. The predicted molar refractivity (Wildman–Crippen MR) is 223 cm³/mol. The number of hydrogen-bond acceptors (Lipinski definition) is 12. The van der Waals surface area contributed by atoms with Gasteiger partial charge in [0.05, 0.1) is 65.0 Å². The number of unbranched alkanes of at least 4 members (excludes halogenated alkanes) is 3. The van der Waals surface area contributed by atoms with Gasteiger partial charge in [-0.1, -0.05) is 25.0 Å². The summed E-state index contributed by atoms with van der Waals surface area (Å²) in [6.07, 6.45) is 4.39. The highest BCUT2D eigenvalue weighted by atomic mass is 35.5. The number of hydrogen-bond donors (Lipinski definition) is 1. The van der Waals surface area contributed by atoms with Crippen LogP contribution < -0.4 is 19.7 Å². The van der Waals surface area contributed by atoms with E-state index in [2.05, 4.69) is 5.32 Å². The Morgan fingerprint density at radius 3 is 2.03 bits per heavy atom. The van der Waals surface area contributed by atoms with Gasteiger partial charge in [0, 0.05) is 79.4 Å². The fraction of sp³-hybridized carbons (Fsp3) is 0.444. The van der Waals surface area contributed by atoms with Gasteiger partial charge in [-0.2, -0.15) is 0 Å². The van der Waals surface area contributed by atoms with Crippen LogP contribution in [0.15, 0.2) is 66.7 Å². The minimum Gasteiger partial charge on any atom is -0.456 e. The van der Waals surface area contributed by atoms with Crippen LogP contribution in [0.3, 0.4) is 0 Å². The van der Waals surface area contributed by atoms with Gasteiger partial charge in [-0.15, -0.1) is 11.6 Å². The van der Waals surface area contributed by atoms with Gasteiger partial charge in [-0.3, -0.25) is 9.59 Å². The van der Waals surface area contributed by atoms with Crippen molar-refractivity contribution in [1.82, 2.24) is 5.32 Å². The fourth-order valence-corrected chi connectivity index (χ4v) is 7.29. The molecule has 0 aromatic heterocycles. The molecular weight excluding hydrogens is 780 g/mol. The van der Waals surface area contributed by atoms with Crippen LogP contribution in [-0.4, -0.2) is 110 Å². The van der Waals surface area contributed by atoms with E-state index in [1.54, 1.807) is 30.3 Å². The number of esters is 2. The van der Waals surface area contributed by atoms with Gasteiger partial charge in [0.1, 0.15) is 17.2 Å². The lowest BCUT2D eigenvalue weighted by molar-refractivity contribution is -0.131. The molecule has 2 aliphatic rings. The minimum atomic E-state index is -1.34. The number of ether oxygens (including phenoxy) is 8. The van der Waals surface area contributed by atoms with Crippen molar-refractivity contribution in [3.8, 4) is 17.2 Å². The smallest absolute Gasteiger partial charge is 0.340 e. The summed E-state index contributed by atoms with van der Waals surface area (Å²) in [5.74, 6) is 0.845. The second kappa shape index (κ2) is 21.5. The number of anilines is 1. The number of nitrogens with zero attached hydrogens (tertiary/aromatic N) is 1. The first kappa shape index (κ1) is 43.8. The van der Waals surface area contributed by atoms with Gasteiger partial charge in [-0.05, 0) is 66.8 Å². The van der Waals surface area contributed by atoms with E-state index in [0.29, 0.717) is 92.4 Å². The first-order valence-electron chi connectivity index (χ1n) is 20.1. The molecule has 1 unspecified atom stereocenters. The van der Waals surface area contributed by atoms with Crippen molar-refractivity contribution in [3.63, 3.8) is 0 Å². The van der Waals surface area contributed by atoms with E-state index in [1.165, 1.54) is 6.92 Å². The Bertz CT molecular complexity index is 2080. The molecule has 1 N–H and O–H groups in total. The maximum atomic E-state index is 13.8. The molecule has 0 fully saturated rings. The number of carbonyl (C=O) groups excluding carboxylic acids is 3. The highest BCUT2D eigenvalue weighted by molar-refractivity contribution is 6.17. The monoisotopic (exact) mass is 832 g/mol. The summed E-state index contributed by atoms with van der Waals surface area (Å²) in [6.45, 7) is 6.41. The number of carbonyl (C=O) groups is 3. The molecule has 0 saturated carbocycles. The lowest BCUT2D eigenvalue weighted by Gasteiger charge is -2.37. The Hall–Kier alpha value is -4.76. The molecule has 6 rings (SSSR count). The van der Waals surface area contributed by atoms with Gasteiger partial charge < -0.3 is 48.1 Å². The van der Waals surface area contributed by atoms with Crippen LogP contribution in [0.5, 0.6) is 17.2 Å². The maximum absolute atomic E-state index is 13.8. The standard InChI is InChI=1S/C45H53ClN2O11/c1-31(49)57-35-11-12-36-32(28-35)8-14-40-42(36)58-41-30-34(48(2)3)10-15-39(41)45(40)38-13-9-33(29-37(38)44(51)59-45)43(50)47-17-19-53-21-23-55-25-27-56-26-24-54-22-20-52-18-7-5-4-6-16-46/h8-15,28-30H,4-7,16-27H2,1-3H3,(H,47,50). The first-order chi connectivity index (χ1) is 28.7. The Kier molecular flexibility index (Phi) is 16.0. The first-order valence-corrected chi connectivity index (χ1v) is 20.6. The van der Waals surface area contributed by atoms with Crippen LogP contribution in [0.2, 0.25) is 0 Å². The Labute approximate surface area is 350 Å². The predicted octanol–water partition coefficient (Wildman–Crippen LogP) is 7.01. The van der Waals surface area contributed by atoms with E-state index in [9.17, 15) is 14.4 Å². The molecule has 59 heavy (non-hydrogen) atoms. The Morgan fingerprint density at radius 2 is 1.36 bits per heavy atom. The van der Waals surface area contributed by atoms with Crippen LogP contribution in [0.25, 0.3) is 10.8 Å². The third kappa shape index (κ3) is 10.9. The van der Waals surface area contributed by atoms with Crippen molar-refractivity contribution in [2.24, 2.45) is 0 Å². The van der Waals surface area contributed by atoms with E-state index < -0.39 is 17.5 Å². The van der Waals surface area contributed by atoms with Gasteiger partial charge in [0.25, 0.3) is 5.91 Å². The van der Waals surface area contributed by atoms with Crippen LogP contribution >= 0.6 is 11.6 Å². The zero-order chi connectivity index (χ0) is 41.6. The largest absolute Gasteiger partial charge is 0.456 e. The summed E-state index contributed by atoms with van der Waals surface area (Å²) < 4.78 is 46.1. The van der Waals surface area contributed by atoms with Crippen molar-refractivity contribution < 1.29 is 52.3 Å². The van der Waals surface area contributed by atoms with Crippen molar-refractivity contribution >= 4 is 45.9 Å². The molecule has 1 amide bonds. The molecule has 4 aromatic carbocycles. The number of halogens is 1. The van der Waals surface area contributed by atoms with E-state index >= 15 is 0 Å². The SMILES string of the molecule is CC(=O)Oc1ccc2c3c(ccc2c1)C1(OC(=O)c2cc(C(=O)NCCOCCOCCOCCOCCOCCCCCCCl)ccc21)c1ccc(N(C)C)cc1O3. The normalized spacial score (nSPS) is 15.0. The average Bonchev–Trinajstić information content (AvgIpc) is 3.51. The number of alkyl halides is 1. The highest BCUT2D eigenvalue weighted by Crippen LogP contribution is 2.58. The molecule has 316 valence electrons. The number of rotatable bonds is 24. The molecule has 0 radical (unpaired) electrons. The second-order valence-electron chi connectivity index (χ2n) is 14.3. The van der Waals surface area contributed by atoms with Crippen molar-refractivity contribution in [2.75, 3.05) is 97.5 Å². The number of fused-ring (bicyclic) bond motifs is 8. The van der Waals surface area contributed by atoms with E-state index in [-0.39, 0.29) is 24.6 Å². The molecule has 0 saturated heterocycles. The molecule has 0 aliphatic carbocycles. The highest BCUT2D eigenvalue weighted by Gasteiger charge is 2.54. The lowest BCUT2D eigenvalue weighted by atomic mass is 9.76. The number of benzene rings is 4. The number of nitrogens with one attached hydrogen (secondary N) is 1. The van der Waals surface area contributed by atoms with Gasteiger partial charge in [0.15, 0.2) is 5.60 Å². The van der Waals surface area contributed by atoms with Crippen molar-refractivity contribution in [2.45, 2.75) is 38.2 Å². The van der Waals surface area contributed by atoms with Crippen molar-refractivity contribution in [3.05, 3.63) is 94.5 Å². The molecular formula is C45H53ClN2O11. The van der Waals surface area contributed by atoms with Crippen LogP contribution in [0, 0.1) is 0 Å². The molecule has 1 spiro atoms. The summed E-state index contributed by atoms with van der Waals surface area (Å²) in [6, 6.07) is 19.8. The Balaban J connectivity index is 0.977. The molecule has 4 aromatic rings. The summed E-state index contributed by atoms with van der Waals surface area (Å²) in [5, 5.41) is 4.39. The average molecular weight is 833 g/mol. The van der Waals surface area contributed by atoms with Crippen LogP contribution in [-0.2, 0) is 38.8 Å². The summed E-state index contributed by atoms with van der Waals surface area (Å²) in [5.41, 5.74) is 2.05. The topological polar surface area (TPSA) is 140 Å². The van der Waals surface area contributed by atoms with E-state index in [0.717, 1.165) is 54.6 Å². The maximum Gasteiger partial charge on any atom is 0.340 e.